The van der Waals surface area contributed by atoms with Crippen LogP contribution in [0.15, 0.2) is 59.7 Å². The highest BCUT2D eigenvalue weighted by Crippen LogP contribution is 2.40. The Morgan fingerprint density at radius 3 is 2.69 bits per heavy atom. The number of hydrogen-bond acceptors (Lipinski definition) is 5. The lowest BCUT2D eigenvalue weighted by Gasteiger charge is -2.23. The largest absolute Gasteiger partial charge is 0.316 e. The second kappa shape index (κ2) is 9.33. The van der Waals surface area contributed by atoms with Crippen LogP contribution in [-0.4, -0.2) is 47.4 Å². The van der Waals surface area contributed by atoms with Gasteiger partial charge in [0.05, 0.1) is 17.7 Å². The average molecular weight is 482 g/mol. The van der Waals surface area contributed by atoms with E-state index in [2.05, 4.69) is 68.6 Å². The molecule has 3 heterocycles. The number of fused-ring (bicyclic) bond motifs is 1. The summed E-state index contributed by atoms with van der Waals surface area (Å²) in [7, 11) is 0. The maximum atomic E-state index is 13.7. The van der Waals surface area contributed by atoms with Gasteiger partial charge in [0.2, 0.25) is 5.82 Å². The first-order chi connectivity index (χ1) is 17.7. The predicted molar refractivity (Wildman–Crippen MR) is 140 cm³/mol. The number of amides is 1. The Kier molecular flexibility index (Phi) is 5.87. The fourth-order valence-electron chi connectivity index (χ4n) is 5.79. The molecule has 1 fully saturated rings. The first-order valence-corrected chi connectivity index (χ1v) is 13.0. The third-order valence-corrected chi connectivity index (χ3v) is 7.63. The second-order valence-electron chi connectivity index (χ2n) is 9.90. The Labute approximate surface area is 210 Å². The number of benzene rings is 2. The summed E-state index contributed by atoms with van der Waals surface area (Å²) in [4.78, 5) is 20.8. The molecule has 184 valence electrons. The van der Waals surface area contributed by atoms with Crippen molar-refractivity contribution in [1.82, 2.24) is 30.1 Å². The van der Waals surface area contributed by atoms with E-state index in [-0.39, 0.29) is 5.91 Å². The molecule has 8 nitrogen and oxygen atoms in total. The lowest BCUT2D eigenvalue weighted by molar-refractivity contribution is -0.131. The third-order valence-electron chi connectivity index (χ3n) is 7.63. The zero-order valence-corrected chi connectivity index (χ0v) is 20.7. The molecule has 1 spiro atoms. The summed E-state index contributed by atoms with van der Waals surface area (Å²) < 4.78 is 2.16. The van der Waals surface area contributed by atoms with Gasteiger partial charge in [-0.25, -0.2) is 0 Å². The van der Waals surface area contributed by atoms with E-state index in [1.807, 2.05) is 23.1 Å². The van der Waals surface area contributed by atoms with Crippen molar-refractivity contribution in [1.29, 1.82) is 0 Å². The van der Waals surface area contributed by atoms with Crippen LogP contribution in [0.5, 0.6) is 0 Å². The topological polar surface area (TPSA) is 92.1 Å². The molecule has 36 heavy (non-hydrogen) atoms. The molecule has 1 amide bonds. The number of amidine groups is 1. The molecule has 2 aromatic carbocycles. The van der Waals surface area contributed by atoms with Crippen LogP contribution in [0.2, 0.25) is 0 Å². The Morgan fingerprint density at radius 1 is 1.03 bits per heavy atom. The fraction of sp³-hybridized carbons (Fsp3) is 0.393. The van der Waals surface area contributed by atoms with E-state index in [1.165, 1.54) is 0 Å². The van der Waals surface area contributed by atoms with E-state index in [0.29, 0.717) is 12.4 Å². The quantitative estimate of drug-likeness (QED) is 0.339. The number of para-hydroxylation sites is 1. The molecular weight excluding hydrogens is 450 g/mol. The van der Waals surface area contributed by atoms with Gasteiger partial charge in [0.15, 0.2) is 0 Å². The Balaban J connectivity index is 1.36. The minimum absolute atomic E-state index is 0.199. The average Bonchev–Trinajstić information content (AvgIpc) is 3.70. The van der Waals surface area contributed by atoms with Crippen LogP contribution in [0.1, 0.15) is 63.9 Å². The molecular formula is C28H31N7O. The van der Waals surface area contributed by atoms with Crippen molar-refractivity contribution in [3.63, 3.8) is 0 Å². The summed E-state index contributed by atoms with van der Waals surface area (Å²) in [6.45, 7) is 2.76. The summed E-state index contributed by atoms with van der Waals surface area (Å²) in [5.74, 6) is 1.74. The van der Waals surface area contributed by atoms with Crippen molar-refractivity contribution < 1.29 is 4.79 Å². The number of rotatable bonds is 8. The lowest BCUT2D eigenvalue weighted by Crippen LogP contribution is -2.40. The molecule has 0 unspecified atom stereocenters. The number of aliphatic imine (C=N–C) groups is 1. The lowest BCUT2D eigenvalue weighted by atomic mass is 9.98. The number of unbranched alkanes of at least 4 members (excludes halogenated alkanes) is 2. The van der Waals surface area contributed by atoms with E-state index in [9.17, 15) is 4.79 Å². The van der Waals surface area contributed by atoms with Crippen molar-refractivity contribution in [2.75, 3.05) is 0 Å². The molecule has 0 radical (unpaired) electrons. The Morgan fingerprint density at radius 2 is 1.89 bits per heavy atom. The summed E-state index contributed by atoms with van der Waals surface area (Å²) in [5, 5.41) is 15.8. The normalized spacial score (nSPS) is 17.0. The van der Waals surface area contributed by atoms with Gasteiger partial charge in [-0.1, -0.05) is 56.9 Å². The molecule has 0 bridgehead atoms. The maximum Gasteiger partial charge on any atom is 0.256 e. The molecule has 2 aliphatic rings. The summed E-state index contributed by atoms with van der Waals surface area (Å²) in [6, 6.07) is 16.5. The van der Waals surface area contributed by atoms with E-state index in [4.69, 9.17) is 4.99 Å². The van der Waals surface area contributed by atoms with Crippen molar-refractivity contribution in [2.45, 2.75) is 70.4 Å². The van der Waals surface area contributed by atoms with E-state index < -0.39 is 5.54 Å². The molecule has 1 aliphatic heterocycles. The standard InChI is InChI=1S/C28H31N7O/c1-2-3-4-14-25-29-28(16-7-8-17-28)27(36)35(25)19-20-10-9-13-23-21(20)15-18-34(23)24-12-6-5-11-22(24)26-30-32-33-31-26/h5-6,9-13,15,18H,2-4,7-8,14,16-17,19H2,1H3,(H,30,31,32,33). The van der Waals surface area contributed by atoms with Gasteiger partial charge >= 0.3 is 0 Å². The summed E-state index contributed by atoms with van der Waals surface area (Å²) in [5.41, 5.74) is 3.59. The first kappa shape index (κ1) is 22.6. The molecule has 8 heteroatoms. The summed E-state index contributed by atoms with van der Waals surface area (Å²) in [6.07, 6.45) is 10.3. The van der Waals surface area contributed by atoms with Crippen LogP contribution in [0.4, 0.5) is 0 Å². The first-order valence-electron chi connectivity index (χ1n) is 13.0. The van der Waals surface area contributed by atoms with Crippen LogP contribution < -0.4 is 0 Å². The van der Waals surface area contributed by atoms with E-state index in [0.717, 1.165) is 84.9 Å². The van der Waals surface area contributed by atoms with E-state index in [1.54, 1.807) is 0 Å². The molecule has 0 atom stereocenters. The Hall–Kier alpha value is -3.81. The zero-order chi connectivity index (χ0) is 24.5. The highest BCUT2D eigenvalue weighted by Gasteiger charge is 2.49. The molecule has 1 N–H and O–H groups in total. The number of carbonyl (C=O) groups is 1. The third kappa shape index (κ3) is 3.81. The SMILES string of the molecule is CCCCCC1=NC2(CCCC2)C(=O)N1Cc1cccc2c1ccn2-c1ccccc1-c1nn[nH]n1. The predicted octanol–water partition coefficient (Wildman–Crippen LogP) is 5.44. The molecule has 1 aliphatic carbocycles. The smallest absolute Gasteiger partial charge is 0.256 e. The van der Waals surface area contributed by atoms with Gasteiger partial charge < -0.3 is 4.57 Å². The highest BCUT2D eigenvalue weighted by atomic mass is 16.2. The van der Waals surface area contributed by atoms with Crippen LogP contribution in [0.3, 0.4) is 0 Å². The maximum absolute atomic E-state index is 13.7. The monoisotopic (exact) mass is 481 g/mol. The molecule has 6 rings (SSSR count). The van der Waals surface area contributed by atoms with Crippen molar-refractivity contribution in [3.8, 4) is 17.1 Å². The van der Waals surface area contributed by atoms with Gasteiger partial charge in [-0.3, -0.25) is 14.7 Å². The number of aromatic nitrogens is 5. The number of nitrogens with one attached hydrogen (secondary N) is 1. The van der Waals surface area contributed by atoms with Crippen LogP contribution >= 0.6 is 0 Å². The number of H-pyrrole nitrogens is 1. The van der Waals surface area contributed by atoms with Gasteiger partial charge in [0, 0.05) is 23.6 Å². The minimum atomic E-state index is -0.509. The number of nitrogens with zero attached hydrogens (tertiary/aromatic N) is 6. The van der Waals surface area contributed by atoms with Crippen LogP contribution in [0, 0.1) is 0 Å². The number of carbonyl (C=O) groups excluding carboxylic acids is 1. The van der Waals surface area contributed by atoms with Gasteiger partial charge in [-0.2, -0.15) is 5.21 Å². The number of tetrazole rings is 1. The van der Waals surface area contributed by atoms with Gasteiger partial charge in [0.1, 0.15) is 11.4 Å². The van der Waals surface area contributed by atoms with Gasteiger partial charge in [-0.15, -0.1) is 10.2 Å². The molecule has 2 aromatic heterocycles. The number of aromatic amines is 1. The fourth-order valence-corrected chi connectivity index (χ4v) is 5.79. The Bertz CT molecular complexity index is 1410. The molecule has 1 saturated carbocycles. The van der Waals surface area contributed by atoms with Crippen molar-refractivity contribution >= 4 is 22.6 Å². The minimum Gasteiger partial charge on any atom is -0.316 e. The van der Waals surface area contributed by atoms with Crippen molar-refractivity contribution in [3.05, 3.63) is 60.3 Å². The second-order valence-corrected chi connectivity index (χ2v) is 9.90. The van der Waals surface area contributed by atoms with Gasteiger partial charge in [0.25, 0.3) is 5.91 Å². The van der Waals surface area contributed by atoms with Crippen LogP contribution in [0.25, 0.3) is 28.0 Å². The zero-order valence-electron chi connectivity index (χ0n) is 20.7. The number of hydrogen-bond donors (Lipinski definition) is 1. The van der Waals surface area contributed by atoms with E-state index >= 15 is 0 Å². The molecule has 0 saturated heterocycles. The van der Waals surface area contributed by atoms with Crippen molar-refractivity contribution in [2.24, 2.45) is 4.99 Å². The highest BCUT2D eigenvalue weighted by molar-refractivity contribution is 6.08. The van der Waals surface area contributed by atoms with Gasteiger partial charge in [-0.05, 0) is 54.3 Å². The van der Waals surface area contributed by atoms with Crippen LogP contribution in [-0.2, 0) is 11.3 Å². The summed E-state index contributed by atoms with van der Waals surface area (Å²) >= 11 is 0. The molecule has 4 aromatic rings.